The molecule has 3 heteroatoms. The van der Waals surface area contributed by atoms with E-state index in [0.717, 1.165) is 18.7 Å². The SMILES string of the molecule is Cc1cnccc1CNCc1ccc(O)cc1. The molecule has 3 nitrogen and oxygen atoms in total. The van der Waals surface area contributed by atoms with Gasteiger partial charge in [0.05, 0.1) is 0 Å². The Labute approximate surface area is 101 Å². The number of hydrogen-bond donors (Lipinski definition) is 2. The maximum atomic E-state index is 9.17. The van der Waals surface area contributed by atoms with Crippen molar-refractivity contribution in [2.75, 3.05) is 0 Å². The number of phenols is 1. The lowest BCUT2D eigenvalue weighted by Gasteiger charge is -2.07. The number of benzene rings is 1. The Bertz CT molecular complexity index is 480. The average Bonchev–Trinajstić information content (AvgIpc) is 2.34. The van der Waals surface area contributed by atoms with Crippen LogP contribution in [0.25, 0.3) is 0 Å². The lowest BCUT2D eigenvalue weighted by molar-refractivity contribution is 0.475. The second-order valence-electron chi connectivity index (χ2n) is 4.07. The third-order valence-corrected chi connectivity index (χ3v) is 2.72. The molecule has 17 heavy (non-hydrogen) atoms. The molecular weight excluding hydrogens is 212 g/mol. The number of hydrogen-bond acceptors (Lipinski definition) is 3. The van der Waals surface area contributed by atoms with E-state index in [1.165, 1.54) is 11.1 Å². The van der Waals surface area contributed by atoms with Gasteiger partial charge in [-0.15, -0.1) is 0 Å². The number of nitrogens with one attached hydrogen (secondary N) is 1. The molecule has 0 aliphatic carbocycles. The largest absolute Gasteiger partial charge is 0.508 e. The highest BCUT2D eigenvalue weighted by Gasteiger charge is 1.97. The first-order valence-corrected chi connectivity index (χ1v) is 5.64. The van der Waals surface area contributed by atoms with Crippen LogP contribution < -0.4 is 5.32 Å². The average molecular weight is 228 g/mol. The zero-order valence-corrected chi connectivity index (χ0v) is 9.85. The minimum Gasteiger partial charge on any atom is -0.508 e. The van der Waals surface area contributed by atoms with Gasteiger partial charge in [0, 0.05) is 25.5 Å². The molecule has 1 heterocycles. The van der Waals surface area contributed by atoms with Crippen molar-refractivity contribution in [3.8, 4) is 5.75 Å². The minimum absolute atomic E-state index is 0.304. The predicted octanol–water partition coefficient (Wildman–Crippen LogP) is 2.39. The number of nitrogens with zero attached hydrogens (tertiary/aromatic N) is 1. The molecule has 2 aromatic rings. The summed E-state index contributed by atoms with van der Waals surface area (Å²) in [6.45, 7) is 3.68. The zero-order valence-electron chi connectivity index (χ0n) is 9.85. The van der Waals surface area contributed by atoms with Crippen molar-refractivity contribution < 1.29 is 5.11 Å². The summed E-state index contributed by atoms with van der Waals surface area (Å²) in [4.78, 5) is 4.07. The Morgan fingerprint density at radius 3 is 2.59 bits per heavy atom. The first-order valence-electron chi connectivity index (χ1n) is 5.64. The highest BCUT2D eigenvalue weighted by atomic mass is 16.3. The summed E-state index contributed by atoms with van der Waals surface area (Å²) in [5.74, 6) is 0.304. The van der Waals surface area contributed by atoms with E-state index in [1.807, 2.05) is 30.6 Å². The topological polar surface area (TPSA) is 45.2 Å². The smallest absolute Gasteiger partial charge is 0.115 e. The van der Waals surface area contributed by atoms with Crippen molar-refractivity contribution in [2.24, 2.45) is 0 Å². The second-order valence-corrected chi connectivity index (χ2v) is 4.07. The molecule has 2 rings (SSSR count). The fourth-order valence-electron chi connectivity index (χ4n) is 1.66. The van der Waals surface area contributed by atoms with Crippen LogP contribution in [0.4, 0.5) is 0 Å². The Hall–Kier alpha value is -1.87. The van der Waals surface area contributed by atoms with E-state index < -0.39 is 0 Å². The lowest BCUT2D eigenvalue weighted by atomic mass is 10.1. The molecule has 0 saturated carbocycles. The van der Waals surface area contributed by atoms with Gasteiger partial charge < -0.3 is 10.4 Å². The highest BCUT2D eigenvalue weighted by Crippen LogP contribution is 2.10. The Morgan fingerprint density at radius 2 is 1.88 bits per heavy atom. The van der Waals surface area contributed by atoms with Gasteiger partial charge in [0.2, 0.25) is 0 Å². The molecule has 0 fully saturated rings. The van der Waals surface area contributed by atoms with Crippen molar-refractivity contribution in [3.63, 3.8) is 0 Å². The molecule has 88 valence electrons. The third kappa shape index (κ3) is 3.29. The molecule has 0 aliphatic rings. The van der Waals surface area contributed by atoms with Gasteiger partial charge in [-0.2, -0.15) is 0 Å². The molecule has 0 unspecified atom stereocenters. The van der Waals surface area contributed by atoms with E-state index in [2.05, 4.69) is 17.2 Å². The van der Waals surface area contributed by atoms with Gasteiger partial charge in [0.1, 0.15) is 5.75 Å². The molecule has 0 bridgehead atoms. The summed E-state index contributed by atoms with van der Waals surface area (Å²) >= 11 is 0. The van der Waals surface area contributed by atoms with Gasteiger partial charge in [-0.3, -0.25) is 4.98 Å². The standard InChI is InChI=1S/C14H16N2O/c1-11-8-15-7-6-13(11)10-16-9-12-2-4-14(17)5-3-12/h2-8,16-17H,9-10H2,1H3. The van der Waals surface area contributed by atoms with E-state index in [9.17, 15) is 0 Å². The molecule has 1 aromatic carbocycles. The van der Waals surface area contributed by atoms with Crippen LogP contribution in [0.1, 0.15) is 16.7 Å². The molecule has 1 aromatic heterocycles. The molecule has 0 amide bonds. The van der Waals surface area contributed by atoms with Crippen LogP contribution >= 0.6 is 0 Å². The molecule has 0 atom stereocenters. The maximum Gasteiger partial charge on any atom is 0.115 e. The van der Waals surface area contributed by atoms with Gasteiger partial charge in [-0.1, -0.05) is 12.1 Å². The monoisotopic (exact) mass is 228 g/mol. The fourth-order valence-corrected chi connectivity index (χ4v) is 1.66. The van der Waals surface area contributed by atoms with Crippen molar-refractivity contribution in [1.29, 1.82) is 0 Å². The second kappa shape index (κ2) is 5.46. The summed E-state index contributed by atoms with van der Waals surface area (Å²) < 4.78 is 0. The van der Waals surface area contributed by atoms with Gasteiger partial charge in [-0.05, 0) is 41.8 Å². The Morgan fingerprint density at radius 1 is 1.12 bits per heavy atom. The quantitative estimate of drug-likeness (QED) is 0.844. The number of aromatic hydroxyl groups is 1. The van der Waals surface area contributed by atoms with Crippen LogP contribution in [0, 0.1) is 6.92 Å². The fraction of sp³-hybridized carbons (Fsp3) is 0.214. The van der Waals surface area contributed by atoms with Crippen molar-refractivity contribution in [2.45, 2.75) is 20.0 Å². The molecule has 2 N–H and O–H groups in total. The Balaban J connectivity index is 1.88. The van der Waals surface area contributed by atoms with Gasteiger partial charge in [0.25, 0.3) is 0 Å². The van der Waals surface area contributed by atoms with Crippen LogP contribution in [-0.4, -0.2) is 10.1 Å². The van der Waals surface area contributed by atoms with Gasteiger partial charge in [0.15, 0.2) is 0 Å². The van der Waals surface area contributed by atoms with E-state index in [4.69, 9.17) is 5.11 Å². The van der Waals surface area contributed by atoms with Crippen LogP contribution in [0.5, 0.6) is 5.75 Å². The molecule has 0 spiro atoms. The van der Waals surface area contributed by atoms with Gasteiger partial charge in [-0.25, -0.2) is 0 Å². The van der Waals surface area contributed by atoms with Crippen LogP contribution in [-0.2, 0) is 13.1 Å². The van der Waals surface area contributed by atoms with E-state index in [1.54, 1.807) is 12.1 Å². The van der Waals surface area contributed by atoms with E-state index in [0.29, 0.717) is 5.75 Å². The highest BCUT2D eigenvalue weighted by molar-refractivity contribution is 5.26. The maximum absolute atomic E-state index is 9.17. The van der Waals surface area contributed by atoms with Gasteiger partial charge >= 0.3 is 0 Å². The van der Waals surface area contributed by atoms with Crippen molar-refractivity contribution in [3.05, 3.63) is 59.4 Å². The number of phenolic OH excluding ortho intramolecular Hbond substituents is 1. The number of aromatic nitrogens is 1. The lowest BCUT2D eigenvalue weighted by Crippen LogP contribution is -2.13. The molecule has 0 radical (unpaired) electrons. The Kier molecular flexibility index (Phi) is 3.73. The first kappa shape index (κ1) is 11.6. The zero-order chi connectivity index (χ0) is 12.1. The third-order valence-electron chi connectivity index (χ3n) is 2.72. The van der Waals surface area contributed by atoms with Crippen molar-refractivity contribution >= 4 is 0 Å². The van der Waals surface area contributed by atoms with Crippen LogP contribution in [0.2, 0.25) is 0 Å². The summed E-state index contributed by atoms with van der Waals surface area (Å²) in [5, 5.41) is 12.5. The summed E-state index contributed by atoms with van der Waals surface area (Å²) in [6, 6.07) is 9.27. The van der Waals surface area contributed by atoms with E-state index in [-0.39, 0.29) is 0 Å². The number of pyridine rings is 1. The summed E-state index contributed by atoms with van der Waals surface area (Å²) in [7, 11) is 0. The van der Waals surface area contributed by atoms with Crippen LogP contribution in [0.3, 0.4) is 0 Å². The number of rotatable bonds is 4. The number of aryl methyl sites for hydroxylation is 1. The van der Waals surface area contributed by atoms with E-state index >= 15 is 0 Å². The predicted molar refractivity (Wildman–Crippen MR) is 67.6 cm³/mol. The first-order chi connectivity index (χ1) is 8.25. The minimum atomic E-state index is 0.304. The normalized spacial score (nSPS) is 10.4. The summed E-state index contributed by atoms with van der Waals surface area (Å²) in [6.07, 6.45) is 3.68. The van der Waals surface area contributed by atoms with Crippen LogP contribution in [0.15, 0.2) is 42.7 Å². The molecule has 0 saturated heterocycles. The van der Waals surface area contributed by atoms with Crippen molar-refractivity contribution in [1.82, 2.24) is 10.3 Å². The summed E-state index contributed by atoms with van der Waals surface area (Å²) in [5.41, 5.74) is 3.62. The molecular formula is C14H16N2O. The molecule has 0 aliphatic heterocycles.